The zero-order chi connectivity index (χ0) is 23.4. The van der Waals surface area contributed by atoms with Gasteiger partial charge in [-0.1, -0.05) is 36.3 Å². The Morgan fingerprint density at radius 3 is 2.61 bits per heavy atom. The molecule has 170 valence electrons. The van der Waals surface area contributed by atoms with Gasteiger partial charge < -0.3 is 14.6 Å². The highest BCUT2D eigenvalue weighted by atomic mass is 19.4. The van der Waals surface area contributed by atoms with E-state index in [-0.39, 0.29) is 29.8 Å². The zero-order valence-electron chi connectivity index (χ0n) is 17.8. The maximum Gasteiger partial charge on any atom is 0.416 e. The Morgan fingerprint density at radius 2 is 1.82 bits per heavy atom. The first-order chi connectivity index (χ1) is 15.8. The third kappa shape index (κ3) is 5.65. The van der Waals surface area contributed by atoms with Gasteiger partial charge in [-0.2, -0.15) is 23.1 Å². The number of rotatable bonds is 7. The van der Waals surface area contributed by atoms with Crippen molar-refractivity contribution in [2.75, 3.05) is 5.32 Å². The van der Waals surface area contributed by atoms with E-state index in [1.54, 1.807) is 13.0 Å². The molecule has 0 bridgehead atoms. The highest BCUT2D eigenvalue weighted by molar-refractivity contribution is 5.56. The van der Waals surface area contributed by atoms with E-state index < -0.39 is 11.7 Å². The molecule has 0 amide bonds. The monoisotopic (exact) mass is 455 g/mol. The average Bonchev–Trinajstić information content (AvgIpc) is 3.26. The number of ether oxygens (including phenoxy) is 1. The molecule has 10 heteroatoms. The third-order valence-corrected chi connectivity index (χ3v) is 4.68. The number of aromatic nitrogens is 4. The molecule has 2 aromatic carbocycles. The Hall–Kier alpha value is -3.95. The quantitative estimate of drug-likeness (QED) is 0.380. The van der Waals surface area contributed by atoms with Crippen molar-refractivity contribution in [2.45, 2.75) is 33.1 Å². The van der Waals surface area contributed by atoms with Gasteiger partial charge in [0, 0.05) is 23.0 Å². The summed E-state index contributed by atoms with van der Waals surface area (Å²) in [6.45, 7) is 3.78. The molecule has 1 N–H and O–H groups in total. The number of alkyl halides is 3. The van der Waals surface area contributed by atoms with Gasteiger partial charge in [0.15, 0.2) is 6.61 Å². The first kappa shape index (κ1) is 22.3. The van der Waals surface area contributed by atoms with Crippen molar-refractivity contribution in [3.05, 3.63) is 77.3 Å². The van der Waals surface area contributed by atoms with Crippen LogP contribution in [0.25, 0.3) is 11.4 Å². The van der Waals surface area contributed by atoms with E-state index in [2.05, 4.69) is 32.3 Å². The van der Waals surface area contributed by atoms with Crippen molar-refractivity contribution in [1.29, 1.82) is 0 Å². The number of nitrogens with one attached hydrogen (secondary N) is 1. The number of hydrogen-bond acceptors (Lipinski definition) is 7. The number of anilines is 2. The van der Waals surface area contributed by atoms with Crippen LogP contribution in [0.15, 0.2) is 59.1 Å². The molecule has 0 saturated heterocycles. The van der Waals surface area contributed by atoms with Crippen LogP contribution in [0.5, 0.6) is 5.88 Å². The third-order valence-electron chi connectivity index (χ3n) is 4.68. The zero-order valence-corrected chi connectivity index (χ0v) is 17.8. The molecular weight excluding hydrogens is 435 g/mol. The Labute approximate surface area is 187 Å². The average molecular weight is 455 g/mol. The van der Waals surface area contributed by atoms with Gasteiger partial charge >= 0.3 is 6.18 Å². The Morgan fingerprint density at radius 1 is 1.00 bits per heavy atom. The molecule has 0 saturated carbocycles. The molecule has 0 unspecified atom stereocenters. The Kier molecular flexibility index (Phi) is 6.25. The fourth-order valence-electron chi connectivity index (χ4n) is 3.07. The summed E-state index contributed by atoms with van der Waals surface area (Å²) in [6, 6.07) is 14.3. The summed E-state index contributed by atoms with van der Waals surface area (Å²) in [6.07, 6.45) is -3.55. The first-order valence-corrected chi connectivity index (χ1v) is 10.1. The number of hydrogen-bond donors (Lipinski definition) is 1. The van der Waals surface area contributed by atoms with E-state index in [0.717, 1.165) is 24.2 Å². The van der Waals surface area contributed by atoms with E-state index in [9.17, 15) is 13.2 Å². The van der Waals surface area contributed by atoms with E-state index in [0.29, 0.717) is 11.6 Å². The van der Waals surface area contributed by atoms with Crippen LogP contribution in [0.4, 0.5) is 24.8 Å². The van der Waals surface area contributed by atoms with Crippen LogP contribution in [0.3, 0.4) is 0 Å². The summed E-state index contributed by atoms with van der Waals surface area (Å²) in [4.78, 5) is 12.8. The molecule has 2 heterocycles. The number of nitrogens with zero attached hydrogens (tertiary/aromatic N) is 4. The van der Waals surface area contributed by atoms with Crippen LogP contribution in [0.2, 0.25) is 0 Å². The minimum Gasteiger partial charge on any atom is -0.467 e. The predicted octanol–water partition coefficient (Wildman–Crippen LogP) is 5.74. The van der Waals surface area contributed by atoms with Crippen molar-refractivity contribution in [1.82, 2.24) is 20.1 Å². The minimum atomic E-state index is -4.46. The number of benzene rings is 2. The van der Waals surface area contributed by atoms with Gasteiger partial charge in [-0.25, -0.2) is 4.98 Å². The molecule has 4 rings (SSSR count). The van der Waals surface area contributed by atoms with Crippen LogP contribution in [-0.4, -0.2) is 20.1 Å². The standard InChI is InChI=1S/C23H20F3N5O2/c1-3-15-6-4-9-18(11-15)28-22-27-14(2)10-19(30-22)32-13-20-29-21(31-33-20)16-7-5-8-17(12-16)23(24,25)26/h4-12H,3,13H2,1-2H3,(H,27,28,30). The lowest BCUT2D eigenvalue weighted by molar-refractivity contribution is -0.137. The van der Waals surface area contributed by atoms with Crippen molar-refractivity contribution < 1.29 is 22.4 Å². The summed E-state index contributed by atoms with van der Waals surface area (Å²) in [5.41, 5.74) is 2.12. The van der Waals surface area contributed by atoms with Crippen molar-refractivity contribution in [3.8, 4) is 17.3 Å². The number of aryl methyl sites for hydroxylation is 2. The van der Waals surface area contributed by atoms with Crippen LogP contribution in [0.1, 0.15) is 29.6 Å². The maximum atomic E-state index is 12.9. The van der Waals surface area contributed by atoms with Crippen LogP contribution in [0, 0.1) is 6.92 Å². The lowest BCUT2D eigenvalue weighted by Crippen LogP contribution is -2.04. The second kappa shape index (κ2) is 9.27. The second-order valence-electron chi connectivity index (χ2n) is 7.23. The Balaban J connectivity index is 1.45. The molecule has 0 aliphatic rings. The van der Waals surface area contributed by atoms with Crippen LogP contribution >= 0.6 is 0 Å². The van der Waals surface area contributed by atoms with Crippen LogP contribution < -0.4 is 10.1 Å². The lowest BCUT2D eigenvalue weighted by atomic mass is 10.1. The molecule has 0 aliphatic carbocycles. The molecule has 0 spiro atoms. The van der Waals surface area contributed by atoms with Gasteiger partial charge in [0.1, 0.15) is 0 Å². The summed E-state index contributed by atoms with van der Waals surface area (Å²) >= 11 is 0. The largest absolute Gasteiger partial charge is 0.467 e. The van der Waals surface area contributed by atoms with Gasteiger partial charge in [-0.15, -0.1) is 0 Å². The van der Waals surface area contributed by atoms with Crippen LogP contribution in [-0.2, 0) is 19.2 Å². The minimum absolute atomic E-state index is 0.0386. The highest BCUT2D eigenvalue weighted by Gasteiger charge is 2.30. The molecule has 7 nitrogen and oxygen atoms in total. The van der Waals surface area contributed by atoms with E-state index >= 15 is 0 Å². The maximum absolute atomic E-state index is 12.9. The fourth-order valence-corrected chi connectivity index (χ4v) is 3.07. The van der Waals surface area contributed by atoms with Crippen molar-refractivity contribution in [3.63, 3.8) is 0 Å². The molecular formula is C23H20F3N5O2. The molecule has 0 atom stereocenters. The topological polar surface area (TPSA) is 86.0 Å². The SMILES string of the molecule is CCc1cccc(Nc2nc(C)cc(OCc3nc(-c4cccc(C(F)(F)F)c4)no3)n2)c1. The van der Waals surface area contributed by atoms with Gasteiger partial charge in [-0.05, 0) is 43.2 Å². The molecule has 2 aromatic heterocycles. The van der Waals surface area contributed by atoms with Gasteiger partial charge in [0.2, 0.25) is 17.7 Å². The van der Waals surface area contributed by atoms with Crippen molar-refractivity contribution in [2.24, 2.45) is 0 Å². The summed E-state index contributed by atoms with van der Waals surface area (Å²) in [5, 5.41) is 6.91. The summed E-state index contributed by atoms with van der Waals surface area (Å²) < 4.78 is 49.6. The smallest absolute Gasteiger partial charge is 0.416 e. The highest BCUT2D eigenvalue weighted by Crippen LogP contribution is 2.31. The van der Waals surface area contributed by atoms with E-state index in [1.165, 1.54) is 17.7 Å². The predicted molar refractivity (Wildman–Crippen MR) is 115 cm³/mol. The molecule has 0 radical (unpaired) electrons. The van der Waals surface area contributed by atoms with Gasteiger partial charge in [0.25, 0.3) is 5.89 Å². The molecule has 0 aliphatic heterocycles. The summed E-state index contributed by atoms with van der Waals surface area (Å²) in [7, 11) is 0. The Bertz CT molecular complexity index is 1260. The van der Waals surface area contributed by atoms with E-state index in [1.807, 2.05) is 24.3 Å². The van der Waals surface area contributed by atoms with Crippen molar-refractivity contribution >= 4 is 11.6 Å². The fraction of sp³-hybridized carbons (Fsp3) is 0.217. The van der Waals surface area contributed by atoms with Gasteiger partial charge in [-0.3, -0.25) is 0 Å². The number of halogens is 3. The molecule has 0 fully saturated rings. The van der Waals surface area contributed by atoms with Gasteiger partial charge in [0.05, 0.1) is 5.56 Å². The summed E-state index contributed by atoms with van der Waals surface area (Å²) in [5.74, 6) is 0.796. The van der Waals surface area contributed by atoms with E-state index in [4.69, 9.17) is 9.26 Å². The normalized spacial score (nSPS) is 11.4. The first-order valence-electron chi connectivity index (χ1n) is 10.1. The molecule has 4 aromatic rings. The molecule has 33 heavy (non-hydrogen) atoms. The lowest BCUT2D eigenvalue weighted by Gasteiger charge is -2.09. The second-order valence-corrected chi connectivity index (χ2v) is 7.23.